The van der Waals surface area contributed by atoms with Crippen LogP contribution < -0.4 is 5.32 Å². The quantitative estimate of drug-likeness (QED) is 0.863. The number of hydrogen-bond donors (Lipinski definition) is 1. The number of hydrogen-bond acceptors (Lipinski definition) is 3. The van der Waals surface area contributed by atoms with Gasteiger partial charge in [0.05, 0.1) is 12.5 Å². The summed E-state index contributed by atoms with van der Waals surface area (Å²) in [5.74, 6) is 0.318. The van der Waals surface area contributed by atoms with E-state index in [0.29, 0.717) is 19.2 Å². The molecule has 1 amide bonds. The first kappa shape index (κ1) is 14.5. The average Bonchev–Trinajstić information content (AvgIpc) is 2.97. The van der Waals surface area contributed by atoms with Crippen molar-refractivity contribution in [1.29, 1.82) is 0 Å². The third-order valence-corrected chi connectivity index (χ3v) is 4.63. The van der Waals surface area contributed by atoms with Crippen LogP contribution in [0.1, 0.15) is 29.9 Å². The van der Waals surface area contributed by atoms with E-state index in [-0.39, 0.29) is 11.8 Å². The van der Waals surface area contributed by atoms with E-state index in [9.17, 15) is 4.79 Å². The first-order valence-corrected chi connectivity index (χ1v) is 7.88. The molecule has 1 aliphatic heterocycles. The molecule has 114 valence electrons. The van der Waals surface area contributed by atoms with Crippen LogP contribution in [0.15, 0.2) is 24.3 Å². The highest BCUT2D eigenvalue weighted by Gasteiger charge is 2.35. The van der Waals surface area contributed by atoms with Crippen molar-refractivity contribution < 1.29 is 9.53 Å². The van der Waals surface area contributed by atoms with E-state index in [1.165, 1.54) is 17.5 Å². The Labute approximate surface area is 126 Å². The van der Waals surface area contributed by atoms with Gasteiger partial charge in [-0.3, -0.25) is 4.79 Å². The molecular formula is C17H24N2O2. The number of amides is 1. The number of nitrogens with zero attached hydrogens (tertiary/aromatic N) is 1. The molecule has 4 heteroatoms. The summed E-state index contributed by atoms with van der Waals surface area (Å²) in [5.41, 5.74) is 2.53. The summed E-state index contributed by atoms with van der Waals surface area (Å²) in [7, 11) is 1.69. The number of ether oxygens (including phenoxy) is 1. The highest BCUT2D eigenvalue weighted by Crippen LogP contribution is 2.36. The van der Waals surface area contributed by atoms with E-state index in [2.05, 4.69) is 17.4 Å². The van der Waals surface area contributed by atoms with Crippen molar-refractivity contribution in [2.45, 2.75) is 31.2 Å². The molecule has 2 aliphatic rings. The second kappa shape index (κ2) is 6.58. The number of carbonyl (C=O) groups is 1. The summed E-state index contributed by atoms with van der Waals surface area (Å²) >= 11 is 0. The monoisotopic (exact) mass is 288 g/mol. The van der Waals surface area contributed by atoms with E-state index in [1.807, 2.05) is 17.0 Å². The van der Waals surface area contributed by atoms with Gasteiger partial charge in [0, 0.05) is 26.2 Å². The molecule has 4 nitrogen and oxygen atoms in total. The lowest BCUT2D eigenvalue weighted by Crippen LogP contribution is -2.46. The molecule has 1 N–H and O–H groups in total. The zero-order chi connectivity index (χ0) is 14.7. The Balaban J connectivity index is 1.66. The lowest BCUT2D eigenvalue weighted by Gasteiger charge is -2.35. The summed E-state index contributed by atoms with van der Waals surface area (Å²) in [4.78, 5) is 14.8. The fourth-order valence-corrected chi connectivity index (χ4v) is 3.37. The predicted molar refractivity (Wildman–Crippen MR) is 82.4 cm³/mol. The highest BCUT2D eigenvalue weighted by atomic mass is 16.5. The van der Waals surface area contributed by atoms with E-state index in [1.54, 1.807) is 7.11 Å². The Morgan fingerprint density at radius 1 is 1.43 bits per heavy atom. The molecule has 1 aromatic rings. The van der Waals surface area contributed by atoms with Gasteiger partial charge in [-0.1, -0.05) is 24.3 Å². The topological polar surface area (TPSA) is 41.6 Å². The smallest absolute Gasteiger partial charge is 0.230 e. The first-order chi connectivity index (χ1) is 10.3. The lowest BCUT2D eigenvalue weighted by molar-refractivity contribution is -0.134. The van der Waals surface area contributed by atoms with E-state index >= 15 is 0 Å². The van der Waals surface area contributed by atoms with Crippen molar-refractivity contribution >= 4 is 5.91 Å². The van der Waals surface area contributed by atoms with Crippen LogP contribution in [0.2, 0.25) is 0 Å². The van der Waals surface area contributed by atoms with Crippen molar-refractivity contribution in [2.24, 2.45) is 0 Å². The molecule has 1 aliphatic carbocycles. The van der Waals surface area contributed by atoms with E-state index in [4.69, 9.17) is 4.74 Å². The molecule has 1 saturated heterocycles. The second-order valence-electron chi connectivity index (χ2n) is 6.03. The summed E-state index contributed by atoms with van der Waals surface area (Å²) < 4.78 is 5.17. The Bertz CT molecular complexity index is 497. The Morgan fingerprint density at radius 3 is 3.00 bits per heavy atom. The Hall–Kier alpha value is -1.39. The van der Waals surface area contributed by atoms with Crippen LogP contribution in [0.5, 0.6) is 0 Å². The van der Waals surface area contributed by atoms with Gasteiger partial charge in [-0.25, -0.2) is 0 Å². The molecule has 2 unspecified atom stereocenters. The van der Waals surface area contributed by atoms with Gasteiger partial charge in [0.25, 0.3) is 0 Å². The van der Waals surface area contributed by atoms with E-state index in [0.717, 1.165) is 25.9 Å². The van der Waals surface area contributed by atoms with Crippen LogP contribution in [0.4, 0.5) is 0 Å². The zero-order valence-electron chi connectivity index (χ0n) is 12.7. The summed E-state index contributed by atoms with van der Waals surface area (Å²) in [6.07, 6.45) is 3.26. The Morgan fingerprint density at radius 2 is 2.29 bits per heavy atom. The minimum absolute atomic E-state index is 0.0551. The normalized spacial score (nSPS) is 23.5. The van der Waals surface area contributed by atoms with Crippen LogP contribution in [-0.2, 0) is 16.0 Å². The number of methoxy groups -OCH3 is 1. The minimum atomic E-state index is 0.0551. The maximum absolute atomic E-state index is 12.8. The highest BCUT2D eigenvalue weighted by molar-refractivity contribution is 5.87. The molecule has 21 heavy (non-hydrogen) atoms. The number of nitrogens with one attached hydrogen (secondary N) is 1. The lowest BCUT2D eigenvalue weighted by atomic mass is 9.77. The zero-order valence-corrected chi connectivity index (χ0v) is 12.7. The van der Waals surface area contributed by atoms with Crippen LogP contribution in [-0.4, -0.2) is 50.2 Å². The molecule has 1 heterocycles. The van der Waals surface area contributed by atoms with Crippen LogP contribution in [0, 0.1) is 0 Å². The molecule has 2 atom stereocenters. The SMILES string of the molecule is COCCN(CC1CCCN1)C(=O)C1Cc2ccccc21. The summed E-state index contributed by atoms with van der Waals surface area (Å²) in [6.45, 7) is 3.17. The van der Waals surface area contributed by atoms with Gasteiger partial charge >= 0.3 is 0 Å². The fourth-order valence-electron chi connectivity index (χ4n) is 3.37. The number of carbonyl (C=O) groups excluding carboxylic acids is 1. The van der Waals surface area contributed by atoms with Gasteiger partial charge < -0.3 is 15.0 Å². The second-order valence-corrected chi connectivity index (χ2v) is 6.03. The van der Waals surface area contributed by atoms with Crippen molar-refractivity contribution in [3.63, 3.8) is 0 Å². The average molecular weight is 288 g/mol. The maximum Gasteiger partial charge on any atom is 0.230 e. The molecule has 1 fully saturated rings. The molecule has 3 rings (SSSR count). The third-order valence-electron chi connectivity index (χ3n) is 4.63. The van der Waals surface area contributed by atoms with Crippen LogP contribution >= 0.6 is 0 Å². The van der Waals surface area contributed by atoms with Crippen molar-refractivity contribution in [1.82, 2.24) is 10.2 Å². The molecule has 0 aromatic heterocycles. The summed E-state index contributed by atoms with van der Waals surface area (Å²) in [5, 5.41) is 3.48. The molecule has 0 bridgehead atoms. The van der Waals surface area contributed by atoms with E-state index < -0.39 is 0 Å². The number of rotatable bonds is 6. The standard InChI is InChI=1S/C17H24N2O2/c1-21-10-9-19(12-14-6-4-8-18-14)17(20)16-11-13-5-2-3-7-15(13)16/h2-3,5,7,14,16,18H,4,6,8-12H2,1H3. The fraction of sp³-hybridized carbons (Fsp3) is 0.588. The maximum atomic E-state index is 12.8. The van der Waals surface area contributed by atoms with Gasteiger partial charge in [0.2, 0.25) is 5.91 Å². The predicted octanol–water partition coefficient (Wildman–Crippen LogP) is 1.55. The molecule has 0 radical (unpaired) electrons. The number of fused-ring (bicyclic) bond motifs is 1. The van der Waals surface area contributed by atoms with Crippen LogP contribution in [0.25, 0.3) is 0 Å². The molecule has 0 spiro atoms. The third kappa shape index (κ3) is 3.11. The van der Waals surface area contributed by atoms with Crippen LogP contribution in [0.3, 0.4) is 0 Å². The summed E-state index contributed by atoms with van der Waals surface area (Å²) in [6, 6.07) is 8.73. The van der Waals surface area contributed by atoms with Gasteiger partial charge in [-0.15, -0.1) is 0 Å². The minimum Gasteiger partial charge on any atom is -0.383 e. The first-order valence-electron chi connectivity index (χ1n) is 7.88. The molecular weight excluding hydrogens is 264 g/mol. The Kier molecular flexibility index (Phi) is 4.56. The van der Waals surface area contributed by atoms with Crippen molar-refractivity contribution in [3.05, 3.63) is 35.4 Å². The molecule has 1 aromatic carbocycles. The van der Waals surface area contributed by atoms with Gasteiger partial charge in [0.1, 0.15) is 0 Å². The molecule has 0 saturated carbocycles. The largest absolute Gasteiger partial charge is 0.383 e. The van der Waals surface area contributed by atoms with Gasteiger partial charge in [-0.2, -0.15) is 0 Å². The van der Waals surface area contributed by atoms with Gasteiger partial charge in [-0.05, 0) is 36.9 Å². The van der Waals surface area contributed by atoms with Gasteiger partial charge in [0.15, 0.2) is 0 Å². The van der Waals surface area contributed by atoms with Crippen molar-refractivity contribution in [2.75, 3.05) is 33.4 Å². The van der Waals surface area contributed by atoms with Crippen molar-refractivity contribution in [3.8, 4) is 0 Å². The number of benzene rings is 1.